The number of ketones is 1. The van der Waals surface area contributed by atoms with Crippen molar-refractivity contribution < 1.29 is 14.7 Å². The van der Waals surface area contributed by atoms with Crippen LogP contribution in [0.2, 0.25) is 5.02 Å². The smallest absolute Gasteiger partial charge is 0.227 e. The third-order valence-electron chi connectivity index (χ3n) is 5.48. The van der Waals surface area contributed by atoms with Crippen molar-refractivity contribution in [2.24, 2.45) is 0 Å². The molecule has 2 aromatic rings. The Kier molecular flexibility index (Phi) is 7.06. The molecule has 1 aliphatic rings. The van der Waals surface area contributed by atoms with Gasteiger partial charge in [-0.15, -0.1) is 0 Å². The number of aliphatic hydroxyl groups excluding tert-OH is 1. The highest BCUT2D eigenvalue weighted by Crippen LogP contribution is 2.21. The van der Waals surface area contributed by atoms with Gasteiger partial charge in [0, 0.05) is 42.3 Å². The van der Waals surface area contributed by atoms with Crippen LogP contribution in [-0.4, -0.2) is 58.4 Å². The van der Waals surface area contributed by atoms with E-state index in [0.717, 1.165) is 17.7 Å². The highest BCUT2D eigenvalue weighted by atomic mass is 35.5. The Bertz CT molecular complexity index is 857. The molecule has 29 heavy (non-hydrogen) atoms. The van der Waals surface area contributed by atoms with Crippen LogP contribution in [0.4, 0.5) is 0 Å². The second-order valence-corrected chi connectivity index (χ2v) is 8.19. The summed E-state index contributed by atoms with van der Waals surface area (Å²) in [5.41, 5.74) is 2.56. The van der Waals surface area contributed by atoms with Gasteiger partial charge in [-0.05, 0) is 37.1 Å². The van der Waals surface area contributed by atoms with Crippen molar-refractivity contribution in [2.45, 2.75) is 38.9 Å². The lowest BCUT2D eigenvalue weighted by Gasteiger charge is -2.44. The van der Waals surface area contributed by atoms with Crippen LogP contribution >= 0.6 is 11.6 Å². The molecule has 2 aromatic carbocycles. The maximum atomic E-state index is 12.8. The summed E-state index contributed by atoms with van der Waals surface area (Å²) in [5, 5.41) is 9.61. The minimum absolute atomic E-state index is 0.123. The zero-order valence-electron chi connectivity index (χ0n) is 16.8. The summed E-state index contributed by atoms with van der Waals surface area (Å²) in [5.74, 6) is -0.150. The van der Waals surface area contributed by atoms with E-state index in [1.54, 1.807) is 12.1 Å². The highest BCUT2D eigenvalue weighted by Gasteiger charge is 2.31. The molecule has 1 N–H and O–H groups in total. The Balaban J connectivity index is 1.60. The van der Waals surface area contributed by atoms with Crippen LogP contribution < -0.4 is 0 Å². The standard InChI is InChI=1S/C23H27ClN2O3/c1-16-12-25(23(29)11-19-4-3-5-21(24)10-19)13-17(2)26(16)14-18-6-8-20(9-7-18)22(28)15-27/h3-10,16-17,27H,11-15H2,1-2H3/t16-,17+. The molecule has 0 aliphatic carbocycles. The summed E-state index contributed by atoms with van der Waals surface area (Å²) < 4.78 is 0. The van der Waals surface area contributed by atoms with Gasteiger partial charge in [0.05, 0.1) is 6.42 Å². The fourth-order valence-corrected chi connectivity index (χ4v) is 4.12. The third-order valence-corrected chi connectivity index (χ3v) is 5.72. The number of piperazine rings is 1. The van der Waals surface area contributed by atoms with Crippen molar-refractivity contribution in [1.29, 1.82) is 0 Å². The summed E-state index contributed by atoms with van der Waals surface area (Å²) in [4.78, 5) is 28.7. The summed E-state index contributed by atoms with van der Waals surface area (Å²) in [7, 11) is 0. The molecule has 0 aromatic heterocycles. The van der Waals surface area contributed by atoms with Crippen LogP contribution in [0.5, 0.6) is 0 Å². The van der Waals surface area contributed by atoms with E-state index in [1.807, 2.05) is 41.3 Å². The summed E-state index contributed by atoms with van der Waals surface area (Å²) in [6, 6.07) is 15.3. The van der Waals surface area contributed by atoms with E-state index in [1.165, 1.54) is 0 Å². The predicted octanol–water partition coefficient (Wildman–Crippen LogP) is 3.18. The first-order valence-corrected chi connectivity index (χ1v) is 10.3. The number of hydrogen-bond acceptors (Lipinski definition) is 4. The third kappa shape index (κ3) is 5.44. The van der Waals surface area contributed by atoms with Crippen molar-refractivity contribution in [3.05, 3.63) is 70.2 Å². The topological polar surface area (TPSA) is 60.9 Å². The van der Waals surface area contributed by atoms with E-state index in [0.29, 0.717) is 30.1 Å². The molecule has 6 heteroatoms. The number of hydrogen-bond donors (Lipinski definition) is 1. The molecule has 0 unspecified atom stereocenters. The number of Topliss-reactive ketones (excluding diaryl/α,β-unsaturated/α-hetero) is 1. The average Bonchev–Trinajstić information content (AvgIpc) is 2.70. The van der Waals surface area contributed by atoms with Gasteiger partial charge >= 0.3 is 0 Å². The van der Waals surface area contributed by atoms with Gasteiger partial charge in [-0.1, -0.05) is 48.0 Å². The Morgan fingerprint density at radius 3 is 2.28 bits per heavy atom. The number of nitrogens with zero attached hydrogens (tertiary/aromatic N) is 2. The number of carbonyl (C=O) groups excluding carboxylic acids is 2. The SMILES string of the molecule is C[C@@H]1CN(C(=O)Cc2cccc(Cl)c2)C[C@H](C)N1Cc1ccc(C(=O)CO)cc1. The molecule has 1 saturated heterocycles. The molecule has 3 rings (SSSR count). The summed E-state index contributed by atoms with van der Waals surface area (Å²) >= 11 is 6.03. The Labute approximate surface area is 176 Å². The summed E-state index contributed by atoms with van der Waals surface area (Å²) in [6.45, 7) is 5.93. The molecule has 154 valence electrons. The van der Waals surface area contributed by atoms with Gasteiger partial charge in [0.25, 0.3) is 0 Å². The monoisotopic (exact) mass is 414 g/mol. The normalized spacial score (nSPS) is 19.9. The first-order valence-electron chi connectivity index (χ1n) is 9.88. The van der Waals surface area contributed by atoms with Crippen LogP contribution in [0.25, 0.3) is 0 Å². The predicted molar refractivity (Wildman–Crippen MR) is 114 cm³/mol. The van der Waals surface area contributed by atoms with E-state index >= 15 is 0 Å². The van der Waals surface area contributed by atoms with E-state index in [9.17, 15) is 9.59 Å². The van der Waals surface area contributed by atoms with Crippen molar-refractivity contribution in [1.82, 2.24) is 9.80 Å². The van der Waals surface area contributed by atoms with Gasteiger partial charge in [0.2, 0.25) is 5.91 Å². The lowest BCUT2D eigenvalue weighted by molar-refractivity contribution is -0.135. The van der Waals surface area contributed by atoms with E-state index < -0.39 is 6.61 Å². The Morgan fingerprint density at radius 1 is 1.03 bits per heavy atom. The molecule has 0 bridgehead atoms. The van der Waals surface area contributed by atoms with Gasteiger partial charge in [0.1, 0.15) is 6.61 Å². The van der Waals surface area contributed by atoms with Gasteiger partial charge in [-0.25, -0.2) is 0 Å². The fourth-order valence-electron chi connectivity index (χ4n) is 3.90. The first kappa shape index (κ1) is 21.5. The van der Waals surface area contributed by atoms with Crippen LogP contribution in [0.3, 0.4) is 0 Å². The van der Waals surface area contributed by atoms with Gasteiger partial charge in [0.15, 0.2) is 5.78 Å². The van der Waals surface area contributed by atoms with Crippen LogP contribution in [-0.2, 0) is 17.8 Å². The molecular formula is C23H27ClN2O3. The minimum atomic E-state index is -0.474. The zero-order valence-corrected chi connectivity index (χ0v) is 17.6. The molecule has 0 spiro atoms. The lowest BCUT2D eigenvalue weighted by atomic mass is 10.0. The maximum Gasteiger partial charge on any atom is 0.227 e. The molecule has 1 fully saturated rings. The lowest BCUT2D eigenvalue weighted by Crippen LogP contribution is -2.57. The number of halogens is 1. The average molecular weight is 415 g/mol. The molecule has 2 atom stereocenters. The molecule has 1 aliphatic heterocycles. The van der Waals surface area contributed by atoms with Crippen molar-refractivity contribution in [3.63, 3.8) is 0 Å². The Morgan fingerprint density at radius 2 is 1.69 bits per heavy atom. The van der Waals surface area contributed by atoms with E-state index in [-0.39, 0.29) is 23.8 Å². The van der Waals surface area contributed by atoms with Gasteiger partial charge in [-0.3, -0.25) is 14.5 Å². The second kappa shape index (κ2) is 9.53. The largest absolute Gasteiger partial charge is 0.388 e. The highest BCUT2D eigenvalue weighted by molar-refractivity contribution is 6.30. The van der Waals surface area contributed by atoms with Crippen LogP contribution in [0.15, 0.2) is 48.5 Å². The zero-order chi connectivity index (χ0) is 21.0. The molecule has 1 amide bonds. The van der Waals surface area contributed by atoms with E-state index in [2.05, 4.69) is 18.7 Å². The summed E-state index contributed by atoms with van der Waals surface area (Å²) in [6.07, 6.45) is 0.361. The quantitative estimate of drug-likeness (QED) is 0.737. The van der Waals surface area contributed by atoms with Gasteiger partial charge < -0.3 is 10.0 Å². The first-order chi connectivity index (χ1) is 13.9. The minimum Gasteiger partial charge on any atom is -0.388 e. The van der Waals surface area contributed by atoms with E-state index in [4.69, 9.17) is 16.7 Å². The number of amides is 1. The number of rotatable bonds is 6. The number of benzene rings is 2. The molecule has 0 radical (unpaired) electrons. The van der Waals surface area contributed by atoms with Crippen molar-refractivity contribution in [2.75, 3.05) is 19.7 Å². The Hall–Kier alpha value is -2.21. The fraction of sp³-hybridized carbons (Fsp3) is 0.391. The molecule has 1 heterocycles. The molecule has 5 nitrogen and oxygen atoms in total. The number of carbonyl (C=O) groups is 2. The molecular weight excluding hydrogens is 388 g/mol. The van der Waals surface area contributed by atoms with Crippen molar-refractivity contribution in [3.8, 4) is 0 Å². The molecule has 0 saturated carbocycles. The maximum absolute atomic E-state index is 12.8. The number of aliphatic hydroxyl groups is 1. The van der Waals surface area contributed by atoms with Crippen molar-refractivity contribution >= 4 is 23.3 Å². The van der Waals surface area contributed by atoms with Crippen LogP contribution in [0, 0.1) is 0 Å². The van der Waals surface area contributed by atoms with Crippen LogP contribution in [0.1, 0.15) is 35.3 Å². The second-order valence-electron chi connectivity index (χ2n) is 7.75. The van der Waals surface area contributed by atoms with Gasteiger partial charge in [-0.2, -0.15) is 0 Å².